The molecular weight excluding hydrogens is 284 g/mol. The number of rotatable bonds is 4. The van der Waals surface area contributed by atoms with Gasteiger partial charge in [-0.1, -0.05) is 0 Å². The van der Waals surface area contributed by atoms with Crippen LogP contribution < -0.4 is 14.8 Å². The minimum Gasteiger partial charge on any atom is -0.497 e. The number of hydrogen-bond acceptors (Lipinski definition) is 5. The lowest BCUT2D eigenvalue weighted by Gasteiger charge is -2.11. The molecule has 2 aromatic heterocycles. The summed E-state index contributed by atoms with van der Waals surface area (Å²) in [4.78, 5) is 16.6. The largest absolute Gasteiger partial charge is 0.497 e. The van der Waals surface area contributed by atoms with Gasteiger partial charge in [0.1, 0.15) is 17.1 Å². The second-order valence-electron chi connectivity index (χ2n) is 4.47. The molecule has 3 aromatic rings. The maximum absolute atomic E-state index is 12.5. The predicted octanol–water partition coefficient (Wildman–Crippen LogP) is 2.00. The van der Waals surface area contributed by atoms with E-state index in [2.05, 4.69) is 15.4 Å². The highest BCUT2D eigenvalue weighted by Gasteiger charge is 2.16. The zero-order chi connectivity index (χ0) is 15.5. The van der Waals surface area contributed by atoms with Gasteiger partial charge < -0.3 is 14.8 Å². The van der Waals surface area contributed by atoms with E-state index in [9.17, 15) is 4.79 Å². The van der Waals surface area contributed by atoms with Gasteiger partial charge in [0.05, 0.1) is 26.1 Å². The average Bonchev–Trinajstić information content (AvgIpc) is 2.99. The van der Waals surface area contributed by atoms with Gasteiger partial charge in [0.25, 0.3) is 5.91 Å². The van der Waals surface area contributed by atoms with Crippen molar-refractivity contribution in [2.45, 2.75) is 0 Å². The van der Waals surface area contributed by atoms with E-state index >= 15 is 0 Å². The number of fused-ring (bicyclic) bond motifs is 1. The fourth-order valence-electron chi connectivity index (χ4n) is 2.09. The molecule has 2 heterocycles. The van der Waals surface area contributed by atoms with Crippen LogP contribution in [0.25, 0.3) is 5.65 Å². The van der Waals surface area contributed by atoms with E-state index in [4.69, 9.17) is 9.47 Å². The molecule has 0 unspecified atom stereocenters. The van der Waals surface area contributed by atoms with Gasteiger partial charge >= 0.3 is 0 Å². The van der Waals surface area contributed by atoms with Gasteiger partial charge in [0.15, 0.2) is 5.65 Å². The van der Waals surface area contributed by atoms with Crippen LogP contribution >= 0.6 is 0 Å². The third-order valence-corrected chi connectivity index (χ3v) is 3.18. The van der Waals surface area contributed by atoms with E-state index in [1.165, 1.54) is 17.8 Å². The smallest absolute Gasteiger partial charge is 0.261 e. The normalized spacial score (nSPS) is 10.5. The van der Waals surface area contributed by atoms with Gasteiger partial charge in [-0.15, -0.1) is 0 Å². The Hall–Kier alpha value is -3.09. The maximum Gasteiger partial charge on any atom is 0.261 e. The van der Waals surface area contributed by atoms with E-state index < -0.39 is 0 Å². The molecule has 112 valence electrons. The highest BCUT2D eigenvalue weighted by molar-refractivity contribution is 6.08. The fourth-order valence-corrected chi connectivity index (χ4v) is 2.09. The zero-order valence-electron chi connectivity index (χ0n) is 12.1. The Bertz CT molecular complexity index is 829. The molecule has 0 saturated heterocycles. The van der Waals surface area contributed by atoms with Crippen LogP contribution in [0.2, 0.25) is 0 Å². The van der Waals surface area contributed by atoms with Crippen LogP contribution in [0.5, 0.6) is 11.5 Å². The summed E-state index contributed by atoms with van der Waals surface area (Å²) >= 11 is 0. The first-order chi connectivity index (χ1) is 10.7. The first kappa shape index (κ1) is 13.9. The standard InChI is InChI=1S/C15H14N4O3/c1-21-10-4-5-13(22-2)12(8-10)18-15(20)11-9-17-19-7-3-6-16-14(11)19/h3-9H,1-2H3,(H,18,20). The second kappa shape index (κ2) is 5.72. The molecule has 22 heavy (non-hydrogen) atoms. The molecule has 0 bridgehead atoms. The summed E-state index contributed by atoms with van der Waals surface area (Å²) in [6, 6.07) is 6.91. The minimum absolute atomic E-state index is 0.319. The Morgan fingerprint density at radius 2 is 2.14 bits per heavy atom. The molecule has 3 rings (SSSR count). The highest BCUT2D eigenvalue weighted by atomic mass is 16.5. The third-order valence-electron chi connectivity index (χ3n) is 3.18. The molecule has 0 aliphatic heterocycles. The van der Waals surface area contributed by atoms with Gasteiger partial charge in [-0.2, -0.15) is 5.10 Å². The highest BCUT2D eigenvalue weighted by Crippen LogP contribution is 2.29. The number of benzene rings is 1. The van der Waals surface area contributed by atoms with E-state index in [0.717, 1.165) is 0 Å². The monoisotopic (exact) mass is 298 g/mol. The second-order valence-corrected chi connectivity index (χ2v) is 4.47. The summed E-state index contributed by atoms with van der Waals surface area (Å²) in [6.07, 6.45) is 4.81. The maximum atomic E-state index is 12.5. The van der Waals surface area contributed by atoms with Crippen molar-refractivity contribution in [3.05, 3.63) is 48.4 Å². The van der Waals surface area contributed by atoms with Crippen molar-refractivity contribution in [2.24, 2.45) is 0 Å². The first-order valence-electron chi connectivity index (χ1n) is 6.54. The Labute approximate surface area is 126 Å². The number of methoxy groups -OCH3 is 2. The summed E-state index contributed by atoms with van der Waals surface area (Å²) < 4.78 is 11.9. The van der Waals surface area contributed by atoms with Crippen LogP contribution in [-0.4, -0.2) is 34.7 Å². The fraction of sp³-hybridized carbons (Fsp3) is 0.133. The van der Waals surface area contributed by atoms with Crippen molar-refractivity contribution in [3.8, 4) is 11.5 Å². The molecule has 7 heteroatoms. The van der Waals surface area contributed by atoms with Crippen LogP contribution in [0.1, 0.15) is 10.4 Å². The van der Waals surface area contributed by atoms with Gasteiger partial charge in [-0.05, 0) is 18.2 Å². The molecule has 0 spiro atoms. The number of nitrogens with zero attached hydrogens (tertiary/aromatic N) is 3. The molecule has 0 aliphatic rings. The van der Waals surface area contributed by atoms with Gasteiger partial charge in [-0.3, -0.25) is 4.79 Å². The Morgan fingerprint density at radius 3 is 2.91 bits per heavy atom. The topological polar surface area (TPSA) is 77.8 Å². The van der Waals surface area contributed by atoms with Crippen LogP contribution in [0.15, 0.2) is 42.9 Å². The summed E-state index contributed by atoms with van der Waals surface area (Å²) in [5, 5.41) is 6.89. The van der Waals surface area contributed by atoms with Crippen LogP contribution in [0.3, 0.4) is 0 Å². The number of amides is 1. The van der Waals surface area contributed by atoms with Crippen molar-refractivity contribution in [3.63, 3.8) is 0 Å². The minimum atomic E-state index is -0.319. The van der Waals surface area contributed by atoms with Crippen molar-refractivity contribution in [1.29, 1.82) is 0 Å². The summed E-state index contributed by atoms with van der Waals surface area (Å²) in [7, 11) is 3.09. The molecule has 1 aromatic carbocycles. The van der Waals surface area contributed by atoms with Crippen LogP contribution in [0, 0.1) is 0 Å². The lowest BCUT2D eigenvalue weighted by molar-refractivity contribution is 0.102. The molecule has 0 radical (unpaired) electrons. The van der Waals surface area contributed by atoms with E-state index in [0.29, 0.717) is 28.4 Å². The van der Waals surface area contributed by atoms with Gasteiger partial charge in [0.2, 0.25) is 0 Å². The van der Waals surface area contributed by atoms with Crippen molar-refractivity contribution in [2.75, 3.05) is 19.5 Å². The number of nitrogens with one attached hydrogen (secondary N) is 1. The lowest BCUT2D eigenvalue weighted by atomic mass is 10.2. The summed E-state index contributed by atoms with van der Waals surface area (Å²) in [5.74, 6) is 0.841. The molecule has 0 saturated carbocycles. The van der Waals surface area contributed by atoms with E-state index in [-0.39, 0.29) is 5.91 Å². The number of aromatic nitrogens is 3. The summed E-state index contributed by atoms with van der Waals surface area (Å²) in [6.45, 7) is 0. The van der Waals surface area contributed by atoms with E-state index in [1.807, 2.05) is 0 Å². The molecule has 1 N–H and O–H groups in total. The Kier molecular flexibility index (Phi) is 3.61. The molecule has 0 atom stereocenters. The van der Waals surface area contributed by atoms with Gasteiger partial charge in [-0.25, -0.2) is 9.50 Å². The van der Waals surface area contributed by atoms with Crippen molar-refractivity contribution < 1.29 is 14.3 Å². The van der Waals surface area contributed by atoms with Crippen molar-refractivity contribution in [1.82, 2.24) is 14.6 Å². The molecular formula is C15H14N4O3. The van der Waals surface area contributed by atoms with Crippen LogP contribution in [-0.2, 0) is 0 Å². The lowest BCUT2D eigenvalue weighted by Crippen LogP contribution is -2.13. The van der Waals surface area contributed by atoms with E-state index in [1.54, 1.807) is 43.8 Å². The zero-order valence-corrected chi connectivity index (χ0v) is 12.1. The van der Waals surface area contributed by atoms with Crippen LogP contribution in [0.4, 0.5) is 5.69 Å². The third kappa shape index (κ3) is 2.44. The van der Waals surface area contributed by atoms with Crippen molar-refractivity contribution >= 4 is 17.2 Å². The average molecular weight is 298 g/mol. The molecule has 7 nitrogen and oxygen atoms in total. The number of carbonyl (C=O) groups excluding carboxylic acids is 1. The number of anilines is 1. The van der Waals surface area contributed by atoms with Gasteiger partial charge in [0, 0.05) is 18.5 Å². The first-order valence-corrected chi connectivity index (χ1v) is 6.54. The summed E-state index contributed by atoms with van der Waals surface area (Å²) in [5.41, 5.74) is 1.38. The molecule has 0 aliphatic carbocycles. The molecule has 0 fully saturated rings. The number of carbonyl (C=O) groups is 1. The quantitative estimate of drug-likeness (QED) is 0.797. The number of ether oxygens (including phenoxy) is 2. The Morgan fingerprint density at radius 1 is 1.27 bits per heavy atom. The molecule has 1 amide bonds. The SMILES string of the molecule is COc1ccc(OC)c(NC(=O)c2cnn3cccnc23)c1. The Balaban J connectivity index is 1.94. The number of hydrogen-bond donors (Lipinski definition) is 1. The predicted molar refractivity (Wildman–Crippen MR) is 80.5 cm³/mol.